The molecule has 12 heteroatoms. The molecule has 1 aromatic carbocycles. The van der Waals surface area contributed by atoms with E-state index in [4.69, 9.17) is 18.9 Å². The summed E-state index contributed by atoms with van der Waals surface area (Å²) in [7, 11) is 0. The molecule has 2 aromatic rings. The number of ether oxygens (including phenoxy) is 4. The van der Waals surface area contributed by atoms with E-state index in [2.05, 4.69) is 27.3 Å². The van der Waals surface area contributed by atoms with Gasteiger partial charge in [0.25, 0.3) is 0 Å². The van der Waals surface area contributed by atoms with Crippen molar-refractivity contribution < 1.29 is 38.1 Å². The molecule has 0 aliphatic carbocycles. The monoisotopic (exact) mass is 574 g/mol. The number of piperidine rings is 1. The number of hydrogen-bond donors (Lipinski definition) is 1. The van der Waals surface area contributed by atoms with Crippen molar-refractivity contribution in [1.82, 2.24) is 15.1 Å². The smallest absolute Gasteiger partial charge is 0.336 e. The minimum absolute atomic E-state index is 0.0234. The Morgan fingerprint density at radius 2 is 1.50 bits per heavy atom. The topological polar surface area (TPSA) is 146 Å². The molecular formula is C30H30N4O8. The number of fused-ring (bicyclic) bond motifs is 4. The Labute approximate surface area is 241 Å². The molecule has 2 saturated heterocycles. The van der Waals surface area contributed by atoms with Crippen LogP contribution in [0.1, 0.15) is 45.1 Å². The zero-order chi connectivity index (χ0) is 29.4. The summed E-state index contributed by atoms with van der Waals surface area (Å²) in [6.45, 7) is 4.54. The summed E-state index contributed by atoms with van der Waals surface area (Å²) in [5.74, 6) is -6.22. The second-order valence-corrected chi connectivity index (χ2v) is 10.7. The third kappa shape index (κ3) is 5.02. The van der Waals surface area contributed by atoms with Gasteiger partial charge in [0, 0.05) is 48.0 Å². The molecule has 42 heavy (non-hydrogen) atoms. The normalized spacial score (nSPS) is 30.7. The zero-order valence-electron chi connectivity index (χ0n) is 23.1. The first kappa shape index (κ1) is 27.6. The molecule has 4 aliphatic rings. The first-order chi connectivity index (χ1) is 20.3. The number of carbonyl (C=O) groups excluding carboxylic acids is 4. The number of hydrogen-bond acceptors (Lipinski definition) is 12. The highest BCUT2D eigenvalue weighted by molar-refractivity contribution is 5.96. The van der Waals surface area contributed by atoms with Crippen molar-refractivity contribution >= 4 is 29.7 Å². The van der Waals surface area contributed by atoms with Crippen molar-refractivity contribution in [2.45, 2.75) is 69.5 Å². The first-order valence-electron chi connectivity index (χ1n) is 14.0. The van der Waals surface area contributed by atoms with Crippen molar-refractivity contribution in [3.63, 3.8) is 0 Å². The first-order valence-corrected chi connectivity index (χ1v) is 14.0. The quantitative estimate of drug-likeness (QED) is 0.536. The number of cyclic esters (lactones) is 1. The summed E-state index contributed by atoms with van der Waals surface area (Å²) < 4.78 is 23.0. The van der Waals surface area contributed by atoms with Gasteiger partial charge in [-0.25, -0.2) is 19.2 Å². The van der Waals surface area contributed by atoms with Crippen LogP contribution in [0.2, 0.25) is 0 Å². The lowest BCUT2D eigenvalue weighted by Crippen LogP contribution is -2.49. The molecule has 1 aromatic heterocycles. The van der Waals surface area contributed by atoms with E-state index in [0.29, 0.717) is 17.6 Å². The highest BCUT2D eigenvalue weighted by Gasteiger charge is 2.54. The minimum atomic E-state index is -2.40. The van der Waals surface area contributed by atoms with E-state index in [1.54, 1.807) is 30.3 Å². The third-order valence-corrected chi connectivity index (χ3v) is 8.16. The summed E-state index contributed by atoms with van der Waals surface area (Å²) >= 11 is 0. The van der Waals surface area contributed by atoms with E-state index in [1.807, 2.05) is 0 Å². The minimum Gasteiger partial charge on any atom is -0.451 e. The highest BCUT2D eigenvalue weighted by atomic mass is 16.8. The Morgan fingerprint density at radius 3 is 2.14 bits per heavy atom. The Bertz CT molecular complexity index is 1480. The molecule has 2 bridgehead atoms. The molecule has 12 nitrogen and oxygen atoms in total. The number of nitrogens with one attached hydrogen (secondary N) is 1. The Hall–Kier alpha value is -4.58. The van der Waals surface area contributed by atoms with Gasteiger partial charge in [-0.05, 0) is 39.2 Å². The number of aromatic nitrogens is 2. The summed E-state index contributed by atoms with van der Waals surface area (Å²) in [5.41, 5.74) is 0.488. The number of anilines is 1. The van der Waals surface area contributed by atoms with Crippen LogP contribution in [-0.4, -0.2) is 69.7 Å². The second kappa shape index (κ2) is 11.0. The number of carbonyl (C=O) groups is 4. The maximum Gasteiger partial charge on any atom is 0.336 e. The zero-order valence-corrected chi connectivity index (χ0v) is 23.1. The average Bonchev–Trinajstić information content (AvgIpc) is 3.25. The highest BCUT2D eigenvalue weighted by Crippen LogP contribution is 2.48. The Balaban J connectivity index is 1.56. The van der Waals surface area contributed by atoms with Gasteiger partial charge in [-0.1, -0.05) is 37.3 Å². The van der Waals surface area contributed by atoms with Crippen LogP contribution in [0.15, 0.2) is 54.6 Å². The van der Waals surface area contributed by atoms with Gasteiger partial charge in [0.2, 0.25) is 0 Å². The lowest BCUT2D eigenvalue weighted by molar-refractivity contribution is -0.265. The number of rotatable bonds is 4. The van der Waals surface area contributed by atoms with Crippen LogP contribution in [0.5, 0.6) is 5.75 Å². The van der Waals surface area contributed by atoms with Crippen LogP contribution < -0.4 is 10.1 Å². The SMILES string of the molecule is CCN1C2CCC1CC(Nc1nnc(-c3ccccc3)c3c1OC(=O)/C=C/C(=O)OC31OC(=O)/C=C/C(=O)OC1C)C2. The second-order valence-electron chi connectivity index (χ2n) is 10.7. The Morgan fingerprint density at radius 1 is 0.881 bits per heavy atom. The van der Waals surface area contributed by atoms with Crippen LogP contribution in [0, 0.1) is 0 Å². The van der Waals surface area contributed by atoms with Gasteiger partial charge in [-0.2, -0.15) is 0 Å². The lowest BCUT2D eigenvalue weighted by atomic mass is 9.93. The summed E-state index contributed by atoms with van der Waals surface area (Å²) in [6, 6.07) is 9.54. The van der Waals surface area contributed by atoms with Crippen molar-refractivity contribution in [3.8, 4) is 17.0 Å². The van der Waals surface area contributed by atoms with Gasteiger partial charge < -0.3 is 24.3 Å². The van der Waals surface area contributed by atoms with Gasteiger partial charge in [0.15, 0.2) is 17.7 Å². The summed E-state index contributed by atoms with van der Waals surface area (Å²) in [4.78, 5) is 53.9. The van der Waals surface area contributed by atoms with Gasteiger partial charge in [-0.3, -0.25) is 4.90 Å². The van der Waals surface area contributed by atoms with Crippen LogP contribution >= 0.6 is 0 Å². The molecule has 2 fully saturated rings. The lowest BCUT2D eigenvalue weighted by Gasteiger charge is -2.40. The molecule has 4 aliphatic heterocycles. The van der Waals surface area contributed by atoms with E-state index >= 15 is 0 Å². The van der Waals surface area contributed by atoms with E-state index in [1.165, 1.54) is 6.92 Å². The molecule has 6 rings (SSSR count). The van der Waals surface area contributed by atoms with Crippen molar-refractivity contribution in [3.05, 3.63) is 60.2 Å². The molecule has 4 unspecified atom stereocenters. The molecule has 0 radical (unpaired) electrons. The predicted octanol–water partition coefficient (Wildman–Crippen LogP) is 2.79. The van der Waals surface area contributed by atoms with Crippen LogP contribution in [0.25, 0.3) is 11.3 Å². The predicted molar refractivity (Wildman–Crippen MR) is 147 cm³/mol. The Kier molecular flexibility index (Phi) is 7.23. The molecule has 0 amide bonds. The molecule has 4 atom stereocenters. The van der Waals surface area contributed by atoms with Gasteiger partial charge in [-0.15, -0.1) is 10.2 Å². The fourth-order valence-electron chi connectivity index (χ4n) is 6.40. The van der Waals surface area contributed by atoms with Crippen molar-refractivity contribution in [2.24, 2.45) is 0 Å². The molecule has 1 N–H and O–H groups in total. The molecule has 0 saturated carbocycles. The maximum atomic E-state index is 13.0. The molecule has 218 valence electrons. The molecule has 5 heterocycles. The standard InChI is InChI=1S/C30H30N4O8/c1-3-34-20-9-10-21(34)16-19(15-20)31-29-28-26(27(32-33-29)18-7-5-4-6-8-18)30(42-25(38)14-12-23(36)40-28)17(2)39-22(35)11-13-24(37)41-30/h4-8,11-14,17,19-21H,3,9-10,15-16H2,1-2H3,(H,31,33)/b13-11+,14-12+. The van der Waals surface area contributed by atoms with Gasteiger partial charge in [0.05, 0.1) is 0 Å². The van der Waals surface area contributed by atoms with Crippen LogP contribution in [0.3, 0.4) is 0 Å². The van der Waals surface area contributed by atoms with Crippen LogP contribution in [0.4, 0.5) is 5.82 Å². The van der Waals surface area contributed by atoms with E-state index < -0.39 is 35.8 Å². The maximum absolute atomic E-state index is 13.0. The third-order valence-electron chi connectivity index (χ3n) is 8.16. The fraction of sp³-hybridized carbons (Fsp3) is 0.400. The molecule has 1 spiro atoms. The van der Waals surface area contributed by atoms with Crippen LogP contribution in [-0.2, 0) is 39.2 Å². The van der Waals surface area contributed by atoms with Gasteiger partial charge in [0.1, 0.15) is 11.3 Å². The fourth-order valence-corrected chi connectivity index (χ4v) is 6.40. The van der Waals surface area contributed by atoms with Gasteiger partial charge >= 0.3 is 29.7 Å². The van der Waals surface area contributed by atoms with E-state index in [-0.39, 0.29) is 28.9 Å². The molecular weight excluding hydrogens is 544 g/mol. The van der Waals surface area contributed by atoms with E-state index in [0.717, 1.165) is 56.5 Å². The summed E-state index contributed by atoms with van der Waals surface area (Å²) in [5, 5.41) is 12.3. The number of benzene rings is 1. The average molecular weight is 575 g/mol. The number of nitrogens with zero attached hydrogens (tertiary/aromatic N) is 3. The summed E-state index contributed by atoms with van der Waals surface area (Å²) in [6.07, 6.45) is 6.00. The van der Waals surface area contributed by atoms with E-state index in [9.17, 15) is 19.2 Å². The van der Waals surface area contributed by atoms with Crippen molar-refractivity contribution in [2.75, 3.05) is 11.9 Å². The van der Waals surface area contributed by atoms with Crippen molar-refractivity contribution in [1.29, 1.82) is 0 Å². The number of esters is 4. The largest absolute Gasteiger partial charge is 0.451 e.